The molecule has 4 N–H and O–H groups in total. The van der Waals surface area contributed by atoms with Crippen LogP contribution in [0.1, 0.15) is 18.2 Å². The molecule has 1 aromatic rings. The van der Waals surface area contributed by atoms with Crippen LogP contribution in [0.15, 0.2) is 6.20 Å². The van der Waals surface area contributed by atoms with Gasteiger partial charge < -0.3 is 14.7 Å². The van der Waals surface area contributed by atoms with Gasteiger partial charge in [0.15, 0.2) is 6.20 Å². The lowest BCUT2D eigenvalue weighted by Gasteiger charge is -2.01. The first-order valence-corrected chi connectivity index (χ1v) is 5.18. The third-order valence-electron chi connectivity index (χ3n) is 1.34. The van der Waals surface area contributed by atoms with Crippen LogP contribution in [0.3, 0.4) is 0 Å². The fourth-order valence-electron chi connectivity index (χ4n) is 0.784. The zero-order chi connectivity index (χ0) is 10.5. The summed E-state index contributed by atoms with van der Waals surface area (Å²) >= 11 is 0. The molecule has 0 amide bonds. The third-order valence-corrected chi connectivity index (χ3v) is 1.34. The molecule has 6 nitrogen and oxygen atoms in total. The van der Waals surface area contributed by atoms with Crippen molar-refractivity contribution < 1.29 is 24.3 Å². The maximum Gasteiger partial charge on any atom is 0.262 e. The van der Waals surface area contributed by atoms with Gasteiger partial charge in [-0.2, -0.15) is 5.10 Å². The second kappa shape index (κ2) is 5.14. The summed E-state index contributed by atoms with van der Waals surface area (Å²) in [5.74, 6) is 0. The second-order valence-electron chi connectivity index (χ2n) is 2.42. The molecule has 76 valence electrons. The molecule has 7 heteroatoms. The summed E-state index contributed by atoms with van der Waals surface area (Å²) in [4.78, 5) is 22.9. The highest BCUT2D eigenvalue weighted by atomic mass is 31.2. The molecule has 0 atom stereocenters. The molecule has 0 fully saturated rings. The fraction of sp³-hybridized carbons (Fsp3) is 0.500. The van der Waals surface area contributed by atoms with E-state index in [1.54, 1.807) is 0 Å². The predicted octanol–water partition coefficient (Wildman–Crippen LogP) is -0.861. The van der Waals surface area contributed by atoms with Crippen LogP contribution in [-0.4, -0.2) is 14.9 Å². The molecule has 1 aromatic heterocycles. The van der Waals surface area contributed by atoms with Crippen LogP contribution in [0.25, 0.3) is 0 Å². The number of rotatable bonds is 1. The van der Waals surface area contributed by atoms with E-state index in [0.717, 1.165) is 6.42 Å². The van der Waals surface area contributed by atoms with Crippen LogP contribution in [0, 0.1) is 6.92 Å². The van der Waals surface area contributed by atoms with Gasteiger partial charge in [-0.25, -0.2) is 0 Å². The lowest BCUT2D eigenvalue weighted by molar-refractivity contribution is -0.450. The molecule has 0 saturated heterocycles. The van der Waals surface area contributed by atoms with Crippen LogP contribution in [0.5, 0.6) is 0 Å². The minimum atomic E-state index is -4.89. The first kappa shape index (κ1) is 12.3. The number of phosphoric acid groups is 1. The van der Waals surface area contributed by atoms with E-state index in [1.165, 1.54) is 11.3 Å². The molecule has 0 spiro atoms. The number of hydrogen-bond donors (Lipinski definition) is 3. The normalized spacial score (nSPS) is 10.5. The summed E-state index contributed by atoms with van der Waals surface area (Å²) in [6.45, 7) is 4.22. The van der Waals surface area contributed by atoms with E-state index in [0.29, 0.717) is 0 Å². The van der Waals surface area contributed by atoms with Gasteiger partial charge in [-0.05, 0) is 13.3 Å². The highest BCUT2D eigenvalue weighted by molar-refractivity contribution is 7.43. The number of H-pyrrole nitrogens is 2. The van der Waals surface area contributed by atoms with Crippen molar-refractivity contribution in [1.82, 2.24) is 5.10 Å². The molecule has 0 bridgehead atoms. The van der Waals surface area contributed by atoms with Gasteiger partial charge in [0.25, 0.3) is 7.82 Å². The van der Waals surface area contributed by atoms with E-state index in [4.69, 9.17) is 19.2 Å². The zero-order valence-corrected chi connectivity index (χ0v) is 8.34. The number of aromatic nitrogens is 2. The van der Waals surface area contributed by atoms with Gasteiger partial charge in [-0.3, -0.25) is 4.57 Å². The molecule has 1 rings (SSSR count). The maximum absolute atomic E-state index is 8.77. The first-order chi connectivity index (χ1) is 5.84. The number of nitrogens with one attached hydrogen (secondary N) is 2. The van der Waals surface area contributed by atoms with Crippen LogP contribution >= 0.6 is 7.82 Å². The van der Waals surface area contributed by atoms with E-state index >= 15 is 0 Å². The standard InChI is InChI=1S/C6H10N2.H3O4P/c1-3-6-5(2)4-7-8-6;1-5(2,3)4/h4H,3H2,1-2H3,(H,7,8);(H3,1,2,3,4). The fourth-order valence-corrected chi connectivity index (χ4v) is 0.784. The SMILES string of the molecule is CCc1[nH][nH+]cc1C.O=P([O-])(O)O. The summed E-state index contributed by atoms with van der Waals surface area (Å²) in [6.07, 6.45) is 3.05. The Labute approximate surface area is 75.9 Å². The Morgan fingerprint density at radius 3 is 2.31 bits per heavy atom. The molecule has 0 saturated carbocycles. The molecule has 1 heterocycles. The van der Waals surface area contributed by atoms with Gasteiger partial charge in [-0.15, -0.1) is 5.10 Å². The van der Waals surface area contributed by atoms with Crippen molar-refractivity contribution in [2.24, 2.45) is 0 Å². The number of aryl methyl sites for hydroxylation is 2. The van der Waals surface area contributed by atoms with Crippen molar-refractivity contribution >= 4 is 7.82 Å². The Kier molecular flexibility index (Phi) is 4.87. The molecular formula is C6H13N2O4P. The Morgan fingerprint density at radius 2 is 2.15 bits per heavy atom. The molecule has 0 aliphatic carbocycles. The van der Waals surface area contributed by atoms with E-state index in [9.17, 15) is 0 Å². The molecule has 0 aliphatic rings. The Hall–Kier alpha value is -0.680. The van der Waals surface area contributed by atoms with Crippen molar-refractivity contribution in [2.75, 3.05) is 0 Å². The average molecular weight is 208 g/mol. The van der Waals surface area contributed by atoms with Gasteiger partial charge in [0, 0.05) is 5.56 Å². The van der Waals surface area contributed by atoms with E-state index < -0.39 is 7.82 Å². The lowest BCUT2D eigenvalue weighted by atomic mass is 10.2. The summed E-state index contributed by atoms with van der Waals surface area (Å²) in [5, 5.41) is 5.95. The van der Waals surface area contributed by atoms with Gasteiger partial charge in [0.2, 0.25) is 0 Å². The van der Waals surface area contributed by atoms with Crippen molar-refractivity contribution in [2.45, 2.75) is 20.3 Å². The van der Waals surface area contributed by atoms with Gasteiger partial charge in [0.05, 0.1) is 5.69 Å². The minimum Gasteiger partial charge on any atom is -0.756 e. The predicted molar refractivity (Wildman–Crippen MR) is 43.5 cm³/mol. The number of aromatic amines is 2. The highest BCUT2D eigenvalue weighted by Gasteiger charge is 1.98. The van der Waals surface area contributed by atoms with E-state index in [1.807, 2.05) is 6.20 Å². The van der Waals surface area contributed by atoms with Crippen LogP contribution in [-0.2, 0) is 11.0 Å². The van der Waals surface area contributed by atoms with Crippen molar-refractivity contribution in [1.29, 1.82) is 0 Å². The largest absolute Gasteiger partial charge is 0.756 e. The van der Waals surface area contributed by atoms with Crippen molar-refractivity contribution in [3.63, 3.8) is 0 Å². The quantitative estimate of drug-likeness (QED) is 0.521. The Balaban J connectivity index is 0.000000252. The van der Waals surface area contributed by atoms with E-state index in [2.05, 4.69) is 24.0 Å². The summed E-state index contributed by atoms with van der Waals surface area (Å²) < 4.78 is 8.77. The summed E-state index contributed by atoms with van der Waals surface area (Å²) in [7, 11) is -4.89. The molecule has 0 radical (unpaired) electrons. The molecule has 0 aromatic carbocycles. The van der Waals surface area contributed by atoms with Gasteiger partial charge in [0.1, 0.15) is 0 Å². The smallest absolute Gasteiger partial charge is 0.262 e. The molecule has 13 heavy (non-hydrogen) atoms. The van der Waals surface area contributed by atoms with Crippen LogP contribution in [0.2, 0.25) is 0 Å². The monoisotopic (exact) mass is 208 g/mol. The highest BCUT2D eigenvalue weighted by Crippen LogP contribution is 2.18. The minimum absolute atomic E-state index is 1.08. The van der Waals surface area contributed by atoms with Crippen LogP contribution < -0.4 is 9.99 Å². The van der Waals surface area contributed by atoms with Crippen LogP contribution in [0.4, 0.5) is 0 Å². The van der Waals surface area contributed by atoms with Gasteiger partial charge >= 0.3 is 0 Å². The van der Waals surface area contributed by atoms with Crippen molar-refractivity contribution in [3.8, 4) is 0 Å². The maximum atomic E-state index is 8.77. The Bertz CT molecular complexity index is 284. The average Bonchev–Trinajstić information content (AvgIpc) is 2.31. The third kappa shape index (κ3) is 7.67. The Morgan fingerprint density at radius 1 is 1.69 bits per heavy atom. The number of hydrogen-bond acceptors (Lipinski definition) is 2. The van der Waals surface area contributed by atoms with Crippen molar-refractivity contribution in [3.05, 3.63) is 17.5 Å². The van der Waals surface area contributed by atoms with Gasteiger partial charge in [-0.1, -0.05) is 6.92 Å². The molecular weight excluding hydrogens is 195 g/mol. The second-order valence-corrected chi connectivity index (χ2v) is 3.40. The van der Waals surface area contributed by atoms with E-state index in [-0.39, 0.29) is 0 Å². The lowest BCUT2D eigenvalue weighted by Crippen LogP contribution is -1.99. The first-order valence-electron chi connectivity index (χ1n) is 3.65. The summed E-state index contributed by atoms with van der Waals surface area (Å²) in [5.41, 5.74) is 2.61. The topological polar surface area (TPSA) is 111 Å². The summed E-state index contributed by atoms with van der Waals surface area (Å²) in [6, 6.07) is 0. The molecule has 0 unspecified atom stereocenters. The molecule has 0 aliphatic heterocycles. The zero-order valence-electron chi connectivity index (χ0n) is 7.44.